The molecule has 0 saturated heterocycles. The fourth-order valence-corrected chi connectivity index (χ4v) is 12.3. The van der Waals surface area contributed by atoms with E-state index in [2.05, 4.69) is 276 Å². The molecule has 5 aromatic carbocycles. The highest BCUT2D eigenvalue weighted by Crippen LogP contribution is 2.38. The van der Waals surface area contributed by atoms with E-state index in [0.717, 1.165) is 11.5 Å². The number of aryl methyl sites for hydroxylation is 17. The largest absolute Gasteiger partial charge is 0.344 e. The topological polar surface area (TPSA) is 100 Å². The Labute approximate surface area is 648 Å². The molecule has 14 rings (SSSR count). The van der Waals surface area contributed by atoms with Crippen LogP contribution >= 0.6 is 0 Å². The first-order valence-corrected chi connectivity index (χ1v) is 39.5. The molecule has 0 radical (unpaired) electrons. The number of fused-ring (bicyclic) bond motifs is 9. The number of benzene rings is 5. The first-order chi connectivity index (χ1) is 51.6. The van der Waals surface area contributed by atoms with E-state index in [9.17, 15) is 0 Å². The lowest BCUT2D eigenvalue weighted by Crippen LogP contribution is -2.37. The molecule has 107 heavy (non-hydrogen) atoms. The number of hydrogen-bond acceptors (Lipinski definition) is 4. The van der Waals surface area contributed by atoms with Gasteiger partial charge in [0, 0.05) is 71.3 Å². The van der Waals surface area contributed by atoms with Gasteiger partial charge in [0.25, 0.3) is 23.1 Å². The number of aromatic nitrogens is 15. The summed E-state index contributed by atoms with van der Waals surface area (Å²) in [7, 11) is 18.6. The van der Waals surface area contributed by atoms with Crippen LogP contribution < -0.4 is 23.1 Å². The zero-order valence-corrected chi connectivity index (χ0v) is 74.3. The second kappa shape index (κ2) is 49.8. The molecule has 0 unspecified atom stereocenters. The van der Waals surface area contributed by atoms with Gasteiger partial charge >= 0.3 is 12.2 Å². The van der Waals surface area contributed by atoms with Gasteiger partial charge in [0.1, 0.15) is 51.3 Å². The summed E-state index contributed by atoms with van der Waals surface area (Å²) in [5.74, 6) is 4.64. The molecule has 582 valence electrons. The minimum atomic E-state index is 1.03. The molecule has 0 bridgehead atoms. The van der Waals surface area contributed by atoms with Crippen LogP contribution in [-0.4, -0.2) is 47.4 Å². The molecule has 0 aliphatic heterocycles. The summed E-state index contributed by atoms with van der Waals surface area (Å²) in [6.07, 6.45) is 23.4. The van der Waals surface area contributed by atoms with Crippen LogP contribution in [0.25, 0.3) is 89.0 Å². The van der Waals surface area contributed by atoms with E-state index in [1.165, 1.54) is 133 Å². The monoisotopic (exact) mass is 1460 g/mol. The van der Waals surface area contributed by atoms with Gasteiger partial charge in [-0.15, -0.1) is 9.20 Å². The summed E-state index contributed by atoms with van der Waals surface area (Å²) in [4.78, 5) is 17.4. The standard InChI is InChI=1S/C21H24N3.C17H17N4.C12H15N2.2C11H14N3.10C2H6/c1-11-9-8-10-17-18-14(4)12(2)13(3)15(5)19(18)21-22-16(6)23(7)24(21)20(11)17;1-12-8-17-14(9-16(12)21-11-18-10-19(21)2)13-6-4-5-7-15(13)20(17)3;1-10-6-4-5-7-11(10)12-13(2)8-9-14(12)3;1-9-8-12-5-4-10(9)11-13(2)6-7-14(11)3;1-9-4-5-12-8-10(9)11-13(2)6-7-14(11)3;10*1-2/h8-10H,1-7H3;4-11H,1-3H3;4-9H,1-3H3;2*4-8H,1-3H3;10*1-2H3/q5*+1;;;;;;;;;;. The molecule has 0 fully saturated rings. The van der Waals surface area contributed by atoms with Crippen LogP contribution in [0.3, 0.4) is 0 Å². The molecular formula is C92H144N15+5. The van der Waals surface area contributed by atoms with E-state index in [1.54, 1.807) is 0 Å². The summed E-state index contributed by atoms with van der Waals surface area (Å²) >= 11 is 0. The van der Waals surface area contributed by atoms with Crippen molar-refractivity contribution < 1.29 is 23.1 Å². The van der Waals surface area contributed by atoms with Crippen molar-refractivity contribution >= 4 is 49.1 Å². The molecule has 9 heterocycles. The maximum absolute atomic E-state index is 4.93. The van der Waals surface area contributed by atoms with Gasteiger partial charge in [-0.3, -0.25) is 9.97 Å². The van der Waals surface area contributed by atoms with Gasteiger partial charge in [-0.1, -0.05) is 193 Å². The van der Waals surface area contributed by atoms with Crippen LogP contribution in [0.15, 0.2) is 166 Å². The molecule has 14 aromatic rings. The second-order valence-electron chi connectivity index (χ2n) is 23.3. The van der Waals surface area contributed by atoms with Gasteiger partial charge in [0.2, 0.25) is 6.33 Å². The van der Waals surface area contributed by atoms with E-state index < -0.39 is 0 Å². The average Bonchev–Trinajstić information content (AvgIpc) is 1.65. The number of nitrogens with zero attached hydrogens (tertiary/aromatic N) is 15. The van der Waals surface area contributed by atoms with Crippen LogP contribution in [0.5, 0.6) is 0 Å². The van der Waals surface area contributed by atoms with Crippen molar-refractivity contribution in [1.29, 1.82) is 0 Å². The quantitative estimate of drug-likeness (QED) is 0.129. The average molecular weight is 1460 g/mol. The third-order valence-corrected chi connectivity index (χ3v) is 17.6. The predicted molar refractivity (Wildman–Crippen MR) is 463 cm³/mol. The van der Waals surface area contributed by atoms with E-state index in [1.807, 2.05) is 226 Å². The molecule has 0 aliphatic carbocycles. The van der Waals surface area contributed by atoms with Gasteiger partial charge < -0.3 is 4.57 Å². The summed E-state index contributed by atoms with van der Waals surface area (Å²) in [5, 5.41) is 6.53. The zero-order valence-electron chi connectivity index (χ0n) is 74.3. The first-order valence-electron chi connectivity index (χ1n) is 39.5. The van der Waals surface area contributed by atoms with Crippen molar-refractivity contribution in [3.8, 4) is 39.9 Å². The minimum absolute atomic E-state index is 1.03. The Kier molecular flexibility index (Phi) is 45.2. The van der Waals surface area contributed by atoms with E-state index >= 15 is 0 Å². The minimum Gasteiger partial charge on any atom is -0.344 e. The van der Waals surface area contributed by atoms with Gasteiger partial charge in [-0.2, -0.15) is 9.36 Å². The van der Waals surface area contributed by atoms with Crippen LogP contribution in [0.1, 0.15) is 194 Å². The molecule has 0 atom stereocenters. The number of hydrogen-bond donors (Lipinski definition) is 0. The second-order valence-corrected chi connectivity index (χ2v) is 23.3. The van der Waals surface area contributed by atoms with Crippen molar-refractivity contribution in [3.63, 3.8) is 0 Å². The SMILES string of the molecule is CC.CC.CC.CC.CC.CC.CC.CC.CC.CC.Cc1c(C)c(C)c2c(c1C)c1cccc(C)c1n1c2nc(C)[n+]1C.Cc1cc2c(cc1-n1cnc[n+]1C)c1ccccc1n2C.Cc1ccccc1-c1n(C)cc[n+]1C.Cc1ccncc1-c1n(C)cc[n+]1C.Cc1cnccc1-c1n(C)cc[n+]1C. The Morgan fingerprint density at radius 2 is 0.804 bits per heavy atom. The maximum atomic E-state index is 4.93. The van der Waals surface area contributed by atoms with Crippen molar-refractivity contribution in [2.24, 2.45) is 63.4 Å². The summed E-state index contributed by atoms with van der Waals surface area (Å²) in [6.45, 7) is 61.7. The third-order valence-electron chi connectivity index (χ3n) is 17.6. The van der Waals surface area contributed by atoms with Crippen molar-refractivity contribution in [1.82, 2.24) is 47.4 Å². The Hall–Kier alpha value is -9.89. The Balaban J connectivity index is 0.00000125. The fourth-order valence-electron chi connectivity index (χ4n) is 12.3. The van der Waals surface area contributed by atoms with E-state index in [-0.39, 0.29) is 0 Å². The van der Waals surface area contributed by atoms with Gasteiger partial charge in [-0.05, 0) is 159 Å². The Bertz CT molecular complexity index is 4620. The van der Waals surface area contributed by atoms with E-state index in [0.29, 0.717) is 0 Å². The Morgan fingerprint density at radius 3 is 1.28 bits per heavy atom. The normalized spacial score (nSPS) is 9.64. The van der Waals surface area contributed by atoms with Crippen molar-refractivity contribution in [2.45, 2.75) is 208 Å². The highest BCUT2D eigenvalue weighted by molar-refractivity contribution is 6.15. The third kappa shape index (κ3) is 22.8. The number of imidazole rings is 3. The lowest BCUT2D eigenvalue weighted by Gasteiger charge is -2.16. The molecule has 0 amide bonds. The molecule has 0 spiro atoms. The molecule has 15 heteroatoms. The summed E-state index contributed by atoms with van der Waals surface area (Å²) in [5.41, 5.74) is 21.5. The van der Waals surface area contributed by atoms with Crippen molar-refractivity contribution in [2.75, 3.05) is 0 Å². The van der Waals surface area contributed by atoms with Crippen LogP contribution in [0.4, 0.5) is 0 Å². The lowest BCUT2D eigenvalue weighted by molar-refractivity contribution is -0.745. The van der Waals surface area contributed by atoms with Gasteiger partial charge in [0.05, 0.1) is 75.6 Å². The number of pyridine rings is 3. The highest BCUT2D eigenvalue weighted by atomic mass is 15.4. The lowest BCUT2D eigenvalue weighted by atomic mass is 9.90. The number of rotatable bonds is 4. The van der Waals surface area contributed by atoms with Gasteiger partial charge in [-0.25, -0.2) is 27.4 Å². The van der Waals surface area contributed by atoms with Crippen LogP contribution in [0.2, 0.25) is 0 Å². The number of para-hydroxylation sites is 2. The van der Waals surface area contributed by atoms with Crippen LogP contribution in [-0.2, 0) is 63.4 Å². The molecule has 0 aliphatic rings. The zero-order chi connectivity index (χ0) is 82.3. The van der Waals surface area contributed by atoms with Crippen LogP contribution in [0, 0.1) is 69.2 Å². The van der Waals surface area contributed by atoms with Crippen molar-refractivity contribution in [3.05, 3.63) is 222 Å². The molecule has 9 aromatic heterocycles. The highest BCUT2D eigenvalue weighted by Gasteiger charge is 2.26. The molecule has 0 saturated carbocycles. The summed E-state index contributed by atoms with van der Waals surface area (Å²) in [6, 6.07) is 32.2. The van der Waals surface area contributed by atoms with Gasteiger partial charge in [0.15, 0.2) is 0 Å². The molecule has 0 N–H and O–H groups in total. The maximum Gasteiger partial charge on any atom is 0.316 e. The predicted octanol–water partition coefficient (Wildman–Crippen LogP) is 21.5. The Morgan fingerprint density at radius 1 is 0.364 bits per heavy atom. The fraction of sp³-hybridized carbons (Fsp3) is 0.424. The smallest absolute Gasteiger partial charge is 0.316 e. The molecular weight excluding hydrogens is 1320 g/mol. The van der Waals surface area contributed by atoms with E-state index in [4.69, 9.17) is 4.98 Å². The molecule has 15 nitrogen and oxygen atoms in total. The first kappa shape index (κ1) is 97.1. The summed E-state index contributed by atoms with van der Waals surface area (Å²) < 4.78 is 23.5.